The summed E-state index contributed by atoms with van der Waals surface area (Å²) >= 11 is 1.76. The van der Waals surface area contributed by atoms with E-state index in [1.54, 1.807) is 18.9 Å². The predicted molar refractivity (Wildman–Crippen MR) is 77.0 cm³/mol. The Morgan fingerprint density at radius 2 is 2.28 bits per heavy atom. The number of methoxy groups -OCH3 is 1. The van der Waals surface area contributed by atoms with Crippen molar-refractivity contribution in [3.05, 3.63) is 29.8 Å². The number of hydrogen-bond donors (Lipinski definition) is 2. The normalized spacial score (nSPS) is 10.3. The van der Waals surface area contributed by atoms with E-state index < -0.39 is 0 Å². The van der Waals surface area contributed by atoms with Crippen LogP contribution in [0.5, 0.6) is 0 Å². The quantitative estimate of drug-likeness (QED) is 0.705. The van der Waals surface area contributed by atoms with Gasteiger partial charge in [-0.3, -0.25) is 4.79 Å². The molecule has 18 heavy (non-hydrogen) atoms. The molecule has 0 saturated heterocycles. The Labute approximate surface area is 112 Å². The summed E-state index contributed by atoms with van der Waals surface area (Å²) in [6.07, 6.45) is 2.06. The molecule has 0 aliphatic heterocycles. The van der Waals surface area contributed by atoms with Gasteiger partial charge in [-0.1, -0.05) is 12.1 Å². The highest BCUT2D eigenvalue weighted by Crippen LogP contribution is 2.14. The lowest BCUT2D eigenvalue weighted by molar-refractivity contribution is -0.115. The van der Waals surface area contributed by atoms with Crippen LogP contribution < -0.4 is 10.6 Å². The van der Waals surface area contributed by atoms with E-state index in [0.717, 1.165) is 11.4 Å². The maximum atomic E-state index is 11.6. The summed E-state index contributed by atoms with van der Waals surface area (Å²) in [7, 11) is 1.64. The van der Waals surface area contributed by atoms with Gasteiger partial charge in [0.05, 0.1) is 13.2 Å². The average Bonchev–Trinajstić information content (AvgIpc) is 2.35. The molecule has 1 amide bonds. The van der Waals surface area contributed by atoms with Crippen LogP contribution in [0.15, 0.2) is 24.3 Å². The molecule has 0 aliphatic rings. The van der Waals surface area contributed by atoms with Gasteiger partial charge in [0.25, 0.3) is 0 Å². The fraction of sp³-hybridized carbons (Fsp3) is 0.462. The maximum absolute atomic E-state index is 11.6. The van der Waals surface area contributed by atoms with Crippen molar-refractivity contribution in [3.63, 3.8) is 0 Å². The minimum atomic E-state index is -0.0348. The van der Waals surface area contributed by atoms with Gasteiger partial charge in [-0.05, 0) is 24.0 Å². The van der Waals surface area contributed by atoms with Gasteiger partial charge in [0, 0.05) is 25.1 Å². The molecule has 0 atom stereocenters. The lowest BCUT2D eigenvalue weighted by Gasteiger charge is -2.07. The fourth-order valence-electron chi connectivity index (χ4n) is 1.49. The second kappa shape index (κ2) is 8.97. The molecule has 0 heterocycles. The van der Waals surface area contributed by atoms with E-state index in [2.05, 4.69) is 23.0 Å². The first-order valence-corrected chi connectivity index (χ1v) is 7.23. The first-order chi connectivity index (χ1) is 8.76. The van der Waals surface area contributed by atoms with Crippen molar-refractivity contribution in [1.82, 2.24) is 5.32 Å². The Bertz CT molecular complexity index is 372. The van der Waals surface area contributed by atoms with Crippen LogP contribution in [-0.2, 0) is 15.3 Å². The molecular formula is C13H20N2O2S. The van der Waals surface area contributed by atoms with Crippen LogP contribution in [-0.4, -0.2) is 39.0 Å². The Kier molecular flexibility index (Phi) is 7.48. The Balaban J connectivity index is 2.36. The number of nitrogens with one attached hydrogen (secondary N) is 2. The number of carbonyl (C=O) groups is 1. The van der Waals surface area contributed by atoms with Gasteiger partial charge in [-0.2, -0.15) is 11.8 Å². The number of amides is 1. The van der Waals surface area contributed by atoms with Crippen LogP contribution in [0.3, 0.4) is 0 Å². The molecule has 5 heteroatoms. The first-order valence-electron chi connectivity index (χ1n) is 5.83. The van der Waals surface area contributed by atoms with Crippen molar-refractivity contribution in [2.24, 2.45) is 0 Å². The molecular weight excluding hydrogens is 248 g/mol. The summed E-state index contributed by atoms with van der Waals surface area (Å²) in [5.41, 5.74) is 2.06. The minimum absolute atomic E-state index is 0.0348. The summed E-state index contributed by atoms with van der Waals surface area (Å²) in [5, 5.41) is 5.87. The molecule has 0 unspecified atom stereocenters. The lowest BCUT2D eigenvalue weighted by Crippen LogP contribution is -2.30. The molecule has 0 fully saturated rings. The van der Waals surface area contributed by atoms with Crippen LogP contribution in [0.25, 0.3) is 0 Å². The molecule has 100 valence electrons. The van der Waals surface area contributed by atoms with Gasteiger partial charge >= 0.3 is 0 Å². The van der Waals surface area contributed by atoms with E-state index in [-0.39, 0.29) is 5.91 Å². The molecule has 4 nitrogen and oxygen atoms in total. The molecule has 2 N–H and O–H groups in total. The van der Waals surface area contributed by atoms with Gasteiger partial charge in [0.1, 0.15) is 0 Å². The highest BCUT2D eigenvalue weighted by atomic mass is 32.2. The number of benzene rings is 1. The number of ether oxygens (including phenoxy) is 1. The van der Waals surface area contributed by atoms with Crippen molar-refractivity contribution < 1.29 is 9.53 Å². The van der Waals surface area contributed by atoms with E-state index in [4.69, 9.17) is 4.74 Å². The Morgan fingerprint density at radius 3 is 3.00 bits per heavy atom. The summed E-state index contributed by atoms with van der Waals surface area (Å²) < 4.78 is 4.89. The van der Waals surface area contributed by atoms with E-state index in [1.807, 2.05) is 18.2 Å². The first kappa shape index (κ1) is 15.0. The molecule has 0 spiro atoms. The van der Waals surface area contributed by atoms with Crippen LogP contribution in [0, 0.1) is 0 Å². The monoisotopic (exact) mass is 268 g/mol. The highest BCUT2D eigenvalue weighted by molar-refractivity contribution is 7.97. The van der Waals surface area contributed by atoms with E-state index in [9.17, 15) is 4.79 Å². The number of thioether (sulfide) groups is 1. The van der Waals surface area contributed by atoms with E-state index >= 15 is 0 Å². The smallest absolute Gasteiger partial charge is 0.238 e. The van der Waals surface area contributed by atoms with Gasteiger partial charge < -0.3 is 15.4 Å². The van der Waals surface area contributed by atoms with Crippen LogP contribution in [0.4, 0.5) is 5.69 Å². The molecule has 1 aromatic rings. The summed E-state index contributed by atoms with van der Waals surface area (Å²) in [4.78, 5) is 11.6. The third-order valence-corrected chi connectivity index (χ3v) is 2.91. The molecule has 1 aromatic carbocycles. The largest absolute Gasteiger partial charge is 0.383 e. The summed E-state index contributed by atoms with van der Waals surface area (Å²) in [6, 6.07) is 7.92. The van der Waals surface area contributed by atoms with Crippen LogP contribution >= 0.6 is 11.8 Å². The summed E-state index contributed by atoms with van der Waals surface area (Å²) in [5.74, 6) is 0.919. The van der Waals surface area contributed by atoms with E-state index in [0.29, 0.717) is 19.7 Å². The molecule has 0 aromatic heterocycles. The lowest BCUT2D eigenvalue weighted by atomic mass is 10.2. The topological polar surface area (TPSA) is 50.4 Å². The summed E-state index contributed by atoms with van der Waals surface area (Å²) in [6.45, 7) is 1.59. The Morgan fingerprint density at radius 1 is 1.44 bits per heavy atom. The number of hydrogen-bond acceptors (Lipinski definition) is 4. The SMILES string of the molecule is COCCNCC(=O)Nc1cccc(CSC)c1. The van der Waals surface area contributed by atoms with Crippen molar-refractivity contribution in [2.45, 2.75) is 5.75 Å². The number of anilines is 1. The van der Waals surface area contributed by atoms with E-state index in [1.165, 1.54) is 5.56 Å². The molecule has 1 rings (SSSR count). The zero-order chi connectivity index (χ0) is 13.2. The van der Waals surface area contributed by atoms with Crippen molar-refractivity contribution in [1.29, 1.82) is 0 Å². The second-order valence-corrected chi connectivity index (χ2v) is 4.72. The maximum Gasteiger partial charge on any atom is 0.238 e. The van der Waals surface area contributed by atoms with Crippen LogP contribution in [0.1, 0.15) is 5.56 Å². The average molecular weight is 268 g/mol. The van der Waals surface area contributed by atoms with Gasteiger partial charge in [0.15, 0.2) is 0 Å². The zero-order valence-electron chi connectivity index (χ0n) is 10.9. The zero-order valence-corrected chi connectivity index (χ0v) is 11.7. The highest BCUT2D eigenvalue weighted by Gasteiger charge is 2.02. The number of rotatable bonds is 8. The van der Waals surface area contributed by atoms with Crippen molar-refractivity contribution in [3.8, 4) is 0 Å². The molecule has 0 saturated carbocycles. The van der Waals surface area contributed by atoms with Gasteiger partial charge in [0.2, 0.25) is 5.91 Å². The van der Waals surface area contributed by atoms with Crippen molar-refractivity contribution in [2.75, 3.05) is 38.4 Å². The van der Waals surface area contributed by atoms with Crippen molar-refractivity contribution >= 4 is 23.4 Å². The third-order valence-electron chi connectivity index (χ3n) is 2.29. The second-order valence-electron chi connectivity index (χ2n) is 3.85. The Hall–Kier alpha value is -1.04. The molecule has 0 radical (unpaired) electrons. The molecule has 0 bridgehead atoms. The molecule has 0 aliphatic carbocycles. The standard InChI is InChI=1S/C13H20N2O2S/c1-17-7-6-14-9-13(16)15-12-5-3-4-11(8-12)10-18-2/h3-5,8,14H,6-7,9-10H2,1-2H3,(H,15,16). The fourth-order valence-corrected chi connectivity index (χ4v) is 2.00. The number of carbonyl (C=O) groups excluding carboxylic acids is 1. The predicted octanol–water partition coefficient (Wildman–Crippen LogP) is 1.72. The van der Waals surface area contributed by atoms with Gasteiger partial charge in [-0.15, -0.1) is 0 Å². The minimum Gasteiger partial charge on any atom is -0.383 e. The van der Waals surface area contributed by atoms with Gasteiger partial charge in [-0.25, -0.2) is 0 Å². The van der Waals surface area contributed by atoms with Crippen LogP contribution in [0.2, 0.25) is 0 Å². The third kappa shape index (κ3) is 6.05.